The summed E-state index contributed by atoms with van der Waals surface area (Å²) in [4.78, 5) is 7.44. The molecule has 0 radical (unpaired) electrons. The van der Waals surface area contributed by atoms with Crippen molar-refractivity contribution in [3.05, 3.63) is 83.9 Å². The molecule has 0 spiro atoms. The first kappa shape index (κ1) is 18.9. The highest BCUT2D eigenvalue weighted by atomic mass is 35.5. The maximum Gasteiger partial charge on any atom is 0.288 e. The average molecular weight is 427 g/mol. The Hall–Kier alpha value is -4.10. The van der Waals surface area contributed by atoms with Crippen molar-refractivity contribution in [2.75, 3.05) is 0 Å². The molecule has 7 nitrogen and oxygen atoms in total. The molecule has 0 atom stereocenters. The van der Waals surface area contributed by atoms with Crippen LogP contribution in [0.4, 0.5) is 11.6 Å². The lowest BCUT2D eigenvalue weighted by atomic mass is 10.0. The summed E-state index contributed by atoms with van der Waals surface area (Å²) in [5.74, 6) is -0.0347. The molecule has 150 valence electrons. The minimum Gasteiger partial charge on any atom is -0.493 e. The van der Waals surface area contributed by atoms with Crippen molar-refractivity contribution in [2.45, 2.75) is 0 Å². The van der Waals surface area contributed by atoms with E-state index in [1.807, 2.05) is 60.7 Å². The van der Waals surface area contributed by atoms with Crippen molar-refractivity contribution in [3.63, 3.8) is 0 Å². The molecule has 0 saturated carbocycles. The minimum atomic E-state index is -0.113. The first-order chi connectivity index (χ1) is 15.2. The molecular weight excluding hydrogens is 412 g/mol. The zero-order valence-corrected chi connectivity index (χ0v) is 16.8. The van der Waals surface area contributed by atoms with Crippen LogP contribution in [0.25, 0.3) is 33.4 Å². The van der Waals surface area contributed by atoms with Crippen LogP contribution in [-0.4, -0.2) is 25.3 Å². The van der Waals surface area contributed by atoms with Gasteiger partial charge in [-0.25, -0.2) is 4.98 Å². The maximum atomic E-state index is 10.2. The van der Waals surface area contributed by atoms with E-state index in [0.717, 1.165) is 11.1 Å². The molecule has 0 aliphatic heterocycles. The molecule has 0 amide bonds. The van der Waals surface area contributed by atoms with Crippen molar-refractivity contribution in [2.24, 2.45) is 10.2 Å². The molecule has 2 N–H and O–H groups in total. The van der Waals surface area contributed by atoms with Crippen molar-refractivity contribution in [1.82, 2.24) is 20.2 Å². The summed E-state index contributed by atoms with van der Waals surface area (Å²) in [6, 6.07) is 24.6. The molecule has 3 aromatic carbocycles. The Morgan fingerprint density at radius 2 is 1.45 bits per heavy atom. The second kappa shape index (κ2) is 7.97. The first-order valence-electron chi connectivity index (χ1n) is 9.46. The number of azo groups is 1. The fraction of sp³-hybridized carbons (Fsp3) is 0. The van der Waals surface area contributed by atoms with Crippen LogP contribution in [0.2, 0.25) is 5.02 Å². The van der Waals surface area contributed by atoms with Crippen molar-refractivity contribution >= 4 is 34.1 Å². The van der Waals surface area contributed by atoms with E-state index in [2.05, 4.69) is 30.4 Å². The van der Waals surface area contributed by atoms with E-state index < -0.39 is 0 Å². The van der Waals surface area contributed by atoms with Gasteiger partial charge in [-0.05, 0) is 18.2 Å². The van der Waals surface area contributed by atoms with Crippen molar-refractivity contribution in [1.29, 1.82) is 0 Å². The number of hydrogen-bond acceptors (Lipinski definition) is 6. The monoisotopic (exact) mass is 426 g/mol. The number of halogens is 1. The molecule has 2 heterocycles. The number of H-pyrrole nitrogens is 1. The van der Waals surface area contributed by atoms with E-state index in [9.17, 15) is 5.11 Å². The van der Waals surface area contributed by atoms with Gasteiger partial charge in [0.05, 0.1) is 5.52 Å². The second-order valence-corrected chi connectivity index (χ2v) is 7.19. The van der Waals surface area contributed by atoms with Crippen LogP contribution in [0.1, 0.15) is 0 Å². The zero-order valence-electron chi connectivity index (χ0n) is 16.1. The van der Waals surface area contributed by atoms with E-state index in [-0.39, 0.29) is 17.5 Å². The number of fused-ring (bicyclic) bond motifs is 1. The van der Waals surface area contributed by atoms with Gasteiger partial charge in [-0.1, -0.05) is 72.3 Å². The molecule has 0 fully saturated rings. The number of nitrogens with one attached hydrogen (secondary N) is 1. The van der Waals surface area contributed by atoms with Crippen LogP contribution in [-0.2, 0) is 0 Å². The van der Waals surface area contributed by atoms with Crippen LogP contribution in [0.15, 0.2) is 89.1 Å². The van der Waals surface area contributed by atoms with Crippen LogP contribution >= 0.6 is 11.6 Å². The fourth-order valence-corrected chi connectivity index (χ4v) is 3.45. The quantitative estimate of drug-likeness (QED) is 0.322. The molecule has 0 unspecified atom stereocenters. The molecule has 0 aliphatic carbocycles. The van der Waals surface area contributed by atoms with Crippen LogP contribution in [0.3, 0.4) is 0 Å². The normalized spacial score (nSPS) is 11.4. The highest BCUT2D eigenvalue weighted by Gasteiger charge is 2.14. The summed E-state index contributed by atoms with van der Waals surface area (Å²) in [5, 5.41) is 28.2. The third-order valence-corrected chi connectivity index (χ3v) is 4.96. The third-order valence-electron chi connectivity index (χ3n) is 4.72. The predicted molar refractivity (Wildman–Crippen MR) is 120 cm³/mol. The predicted octanol–water partition coefficient (Wildman–Crippen LogP) is 6.46. The molecule has 2 aromatic heterocycles. The Labute approximate surface area is 182 Å². The fourth-order valence-electron chi connectivity index (χ4n) is 3.28. The molecule has 0 saturated heterocycles. The van der Waals surface area contributed by atoms with E-state index in [4.69, 9.17) is 11.6 Å². The molecule has 31 heavy (non-hydrogen) atoms. The summed E-state index contributed by atoms with van der Waals surface area (Å²) in [7, 11) is 0. The molecule has 0 bridgehead atoms. The second-order valence-electron chi connectivity index (χ2n) is 6.75. The number of aromatic nitrogens is 4. The highest BCUT2D eigenvalue weighted by Crippen LogP contribution is 2.37. The van der Waals surface area contributed by atoms with E-state index in [0.29, 0.717) is 27.3 Å². The SMILES string of the molecule is Oc1[nH]c2ccc(Cl)cc2c1N=Nc1nnc(-c2ccccc2)c(-c2ccccc2)n1. The maximum absolute atomic E-state index is 10.2. The van der Waals surface area contributed by atoms with Crippen LogP contribution in [0, 0.1) is 0 Å². The van der Waals surface area contributed by atoms with E-state index >= 15 is 0 Å². The number of rotatable bonds is 4. The van der Waals surface area contributed by atoms with Gasteiger partial charge >= 0.3 is 0 Å². The van der Waals surface area contributed by atoms with Gasteiger partial charge in [-0.3, -0.25) is 0 Å². The molecule has 8 heteroatoms. The lowest BCUT2D eigenvalue weighted by Crippen LogP contribution is -1.96. The van der Waals surface area contributed by atoms with Gasteiger partial charge in [-0.2, -0.15) is 0 Å². The van der Waals surface area contributed by atoms with Crippen molar-refractivity contribution < 1.29 is 5.11 Å². The molecule has 0 aliphatic rings. The Morgan fingerprint density at radius 1 is 0.774 bits per heavy atom. The van der Waals surface area contributed by atoms with Gasteiger partial charge in [0.25, 0.3) is 5.95 Å². The first-order valence-corrected chi connectivity index (χ1v) is 9.84. The van der Waals surface area contributed by atoms with Gasteiger partial charge in [0.2, 0.25) is 5.88 Å². The smallest absolute Gasteiger partial charge is 0.288 e. The minimum absolute atomic E-state index is 0.0781. The van der Waals surface area contributed by atoms with Gasteiger partial charge < -0.3 is 10.1 Å². The molecular formula is C23H15ClN6O. The standard InChI is InChI=1S/C23H15ClN6O/c24-16-11-12-18-17(13-16)21(22(31)25-18)28-30-23-26-19(14-7-3-1-4-8-14)20(27-29-23)15-9-5-2-6-10-15/h1-13,25,31H. The van der Waals surface area contributed by atoms with Crippen LogP contribution < -0.4 is 0 Å². The highest BCUT2D eigenvalue weighted by molar-refractivity contribution is 6.31. The Balaban J connectivity index is 1.60. The summed E-state index contributed by atoms with van der Waals surface area (Å²) < 4.78 is 0. The third kappa shape index (κ3) is 3.74. The Kier molecular flexibility index (Phi) is 4.86. The average Bonchev–Trinajstić information content (AvgIpc) is 3.13. The molecule has 5 aromatic rings. The number of benzene rings is 3. The number of aromatic hydroxyl groups is 1. The van der Waals surface area contributed by atoms with Gasteiger partial charge in [0.15, 0.2) is 5.69 Å². The number of aromatic amines is 1. The number of hydrogen-bond donors (Lipinski definition) is 2. The Morgan fingerprint density at radius 3 is 2.16 bits per heavy atom. The lowest BCUT2D eigenvalue weighted by molar-refractivity contribution is 0.459. The zero-order chi connectivity index (χ0) is 21.2. The summed E-state index contributed by atoms with van der Waals surface area (Å²) in [6.45, 7) is 0. The molecule has 5 rings (SSSR count). The van der Waals surface area contributed by atoms with Gasteiger partial charge in [0.1, 0.15) is 11.4 Å². The summed E-state index contributed by atoms with van der Waals surface area (Å²) in [6.07, 6.45) is 0. The lowest BCUT2D eigenvalue weighted by Gasteiger charge is -2.07. The number of nitrogens with zero attached hydrogens (tertiary/aromatic N) is 5. The van der Waals surface area contributed by atoms with Gasteiger partial charge in [-0.15, -0.1) is 20.4 Å². The van der Waals surface area contributed by atoms with Crippen molar-refractivity contribution in [3.8, 4) is 28.4 Å². The largest absolute Gasteiger partial charge is 0.493 e. The van der Waals surface area contributed by atoms with E-state index in [1.165, 1.54) is 0 Å². The summed E-state index contributed by atoms with van der Waals surface area (Å²) >= 11 is 6.08. The summed E-state index contributed by atoms with van der Waals surface area (Å²) in [5.41, 5.74) is 4.02. The topological polar surface area (TPSA) is 99.4 Å². The van der Waals surface area contributed by atoms with Gasteiger partial charge in [0, 0.05) is 21.5 Å². The van der Waals surface area contributed by atoms with Crippen LogP contribution in [0.5, 0.6) is 5.88 Å². The van der Waals surface area contributed by atoms with E-state index in [1.54, 1.807) is 18.2 Å². The Bertz CT molecular complexity index is 1400.